The summed E-state index contributed by atoms with van der Waals surface area (Å²) in [6, 6.07) is 13.7. The molecule has 1 nitrogen and oxygen atoms in total. The largest absolute Gasteiger partial charge is 0.305 e. The molecule has 0 unspecified atom stereocenters. The number of rotatable bonds is 5. The van der Waals surface area contributed by atoms with E-state index in [2.05, 4.69) is 11.2 Å². The lowest BCUT2D eigenvalue weighted by Crippen LogP contribution is -2.20. The van der Waals surface area contributed by atoms with Crippen molar-refractivity contribution in [2.24, 2.45) is 0 Å². The number of terminal acetylenes is 1. The molecule has 0 aromatic heterocycles. The molecule has 0 fully saturated rings. The van der Waals surface area contributed by atoms with Gasteiger partial charge in [0.05, 0.1) is 0 Å². The van der Waals surface area contributed by atoms with Crippen LogP contribution in [0.25, 0.3) is 0 Å². The highest BCUT2D eigenvalue weighted by molar-refractivity contribution is 5.22. The number of nitrogens with one attached hydrogen (secondary N) is 1. The normalized spacial score (nSPS) is 11.8. The summed E-state index contributed by atoms with van der Waals surface area (Å²) < 4.78 is 26.0. The van der Waals surface area contributed by atoms with Crippen molar-refractivity contribution in [2.75, 3.05) is 0 Å². The standard InChI is InChI=1S/C17H15F2N/c1-2-6-17(14-7-4-3-5-8-14)20-12-13-9-10-15(18)16(19)11-13/h1,3-5,7-11,17,20H,6,12H2/t17-/m1/s1. The zero-order valence-corrected chi connectivity index (χ0v) is 10.9. The monoisotopic (exact) mass is 271 g/mol. The molecule has 0 saturated carbocycles. The summed E-state index contributed by atoms with van der Waals surface area (Å²) in [6.07, 6.45) is 5.92. The van der Waals surface area contributed by atoms with Gasteiger partial charge in [0.15, 0.2) is 11.6 Å². The van der Waals surface area contributed by atoms with Gasteiger partial charge in [-0.05, 0) is 23.3 Å². The van der Waals surface area contributed by atoms with Crippen LogP contribution < -0.4 is 5.32 Å². The third-order valence-corrected chi connectivity index (χ3v) is 3.06. The van der Waals surface area contributed by atoms with E-state index < -0.39 is 11.6 Å². The summed E-state index contributed by atoms with van der Waals surface area (Å²) in [7, 11) is 0. The Morgan fingerprint density at radius 2 is 1.80 bits per heavy atom. The molecule has 0 amide bonds. The van der Waals surface area contributed by atoms with Gasteiger partial charge in [0.2, 0.25) is 0 Å². The molecule has 2 aromatic carbocycles. The predicted octanol–water partition coefficient (Wildman–Crippen LogP) is 3.82. The molecule has 0 aliphatic carbocycles. The second-order valence-corrected chi connectivity index (χ2v) is 4.50. The van der Waals surface area contributed by atoms with Crippen molar-refractivity contribution in [1.29, 1.82) is 0 Å². The SMILES string of the molecule is C#CC[C@@H](NCc1ccc(F)c(F)c1)c1ccccc1. The predicted molar refractivity (Wildman–Crippen MR) is 75.8 cm³/mol. The Morgan fingerprint density at radius 3 is 2.45 bits per heavy atom. The number of benzene rings is 2. The average Bonchev–Trinajstić information content (AvgIpc) is 2.48. The zero-order chi connectivity index (χ0) is 14.4. The maximum Gasteiger partial charge on any atom is 0.159 e. The van der Waals surface area contributed by atoms with Gasteiger partial charge in [0.1, 0.15) is 0 Å². The molecule has 0 radical (unpaired) electrons. The summed E-state index contributed by atoms with van der Waals surface area (Å²) >= 11 is 0. The second kappa shape index (κ2) is 6.83. The van der Waals surface area contributed by atoms with E-state index in [0.717, 1.165) is 11.6 Å². The molecular formula is C17H15F2N. The number of hydrogen-bond acceptors (Lipinski definition) is 1. The first-order valence-electron chi connectivity index (χ1n) is 6.36. The van der Waals surface area contributed by atoms with Gasteiger partial charge in [-0.1, -0.05) is 36.4 Å². The van der Waals surface area contributed by atoms with Gasteiger partial charge in [-0.2, -0.15) is 0 Å². The van der Waals surface area contributed by atoms with Crippen LogP contribution >= 0.6 is 0 Å². The Hall–Kier alpha value is -2.18. The lowest BCUT2D eigenvalue weighted by atomic mass is 10.0. The van der Waals surface area contributed by atoms with Crippen molar-refractivity contribution in [3.8, 4) is 12.3 Å². The topological polar surface area (TPSA) is 12.0 Å². The summed E-state index contributed by atoms with van der Waals surface area (Å²) in [4.78, 5) is 0. The molecule has 0 bridgehead atoms. The average molecular weight is 271 g/mol. The Balaban J connectivity index is 2.06. The van der Waals surface area contributed by atoms with Crippen molar-refractivity contribution in [3.63, 3.8) is 0 Å². The fourth-order valence-electron chi connectivity index (χ4n) is 2.00. The lowest BCUT2D eigenvalue weighted by Gasteiger charge is -2.17. The molecule has 2 aromatic rings. The molecule has 0 spiro atoms. The minimum Gasteiger partial charge on any atom is -0.305 e. The van der Waals surface area contributed by atoms with Gasteiger partial charge in [0.25, 0.3) is 0 Å². The molecule has 1 N–H and O–H groups in total. The van der Waals surface area contributed by atoms with E-state index in [1.165, 1.54) is 6.07 Å². The first-order valence-corrected chi connectivity index (χ1v) is 6.36. The van der Waals surface area contributed by atoms with Crippen molar-refractivity contribution in [2.45, 2.75) is 19.0 Å². The van der Waals surface area contributed by atoms with Gasteiger partial charge in [-0.25, -0.2) is 8.78 Å². The van der Waals surface area contributed by atoms with E-state index in [0.29, 0.717) is 18.5 Å². The number of hydrogen-bond donors (Lipinski definition) is 1. The van der Waals surface area contributed by atoms with E-state index >= 15 is 0 Å². The molecular weight excluding hydrogens is 256 g/mol. The van der Waals surface area contributed by atoms with Gasteiger partial charge < -0.3 is 5.32 Å². The van der Waals surface area contributed by atoms with Crippen molar-refractivity contribution in [3.05, 3.63) is 71.3 Å². The maximum atomic E-state index is 13.1. The molecule has 20 heavy (non-hydrogen) atoms. The Kier molecular flexibility index (Phi) is 4.86. The van der Waals surface area contributed by atoms with Crippen LogP contribution in [0.15, 0.2) is 48.5 Å². The first-order chi connectivity index (χ1) is 9.70. The van der Waals surface area contributed by atoms with Gasteiger partial charge >= 0.3 is 0 Å². The van der Waals surface area contributed by atoms with Crippen molar-refractivity contribution < 1.29 is 8.78 Å². The van der Waals surface area contributed by atoms with E-state index in [-0.39, 0.29) is 6.04 Å². The Bertz CT molecular complexity index is 602. The lowest BCUT2D eigenvalue weighted by molar-refractivity contribution is 0.502. The summed E-state index contributed by atoms with van der Waals surface area (Å²) in [5.74, 6) is 0.955. The van der Waals surface area contributed by atoms with E-state index in [1.54, 1.807) is 6.07 Å². The molecule has 0 aliphatic rings. The van der Waals surface area contributed by atoms with Gasteiger partial charge in [0, 0.05) is 19.0 Å². The Labute approximate surface area is 117 Å². The third-order valence-electron chi connectivity index (χ3n) is 3.06. The molecule has 0 aliphatic heterocycles. The van der Waals surface area contributed by atoms with Crippen molar-refractivity contribution >= 4 is 0 Å². The maximum absolute atomic E-state index is 13.1. The smallest absolute Gasteiger partial charge is 0.159 e. The van der Waals surface area contributed by atoms with E-state index in [4.69, 9.17) is 6.42 Å². The number of halogens is 2. The highest BCUT2D eigenvalue weighted by Gasteiger charge is 2.10. The second-order valence-electron chi connectivity index (χ2n) is 4.50. The van der Waals surface area contributed by atoms with Crippen LogP contribution in [0.1, 0.15) is 23.6 Å². The van der Waals surface area contributed by atoms with Crippen LogP contribution in [-0.4, -0.2) is 0 Å². The van der Waals surface area contributed by atoms with Gasteiger partial charge in [-0.3, -0.25) is 0 Å². The van der Waals surface area contributed by atoms with Crippen LogP contribution in [0.5, 0.6) is 0 Å². The summed E-state index contributed by atoms with van der Waals surface area (Å²) in [5.41, 5.74) is 1.76. The Morgan fingerprint density at radius 1 is 1.05 bits per heavy atom. The molecule has 0 saturated heterocycles. The highest BCUT2D eigenvalue weighted by atomic mass is 19.2. The zero-order valence-electron chi connectivity index (χ0n) is 10.9. The molecule has 3 heteroatoms. The van der Waals surface area contributed by atoms with Crippen molar-refractivity contribution in [1.82, 2.24) is 5.32 Å². The van der Waals surface area contributed by atoms with E-state index in [1.807, 2.05) is 30.3 Å². The highest BCUT2D eigenvalue weighted by Crippen LogP contribution is 2.17. The minimum absolute atomic E-state index is 0.00526. The fraction of sp³-hybridized carbons (Fsp3) is 0.176. The molecule has 0 heterocycles. The van der Waals surface area contributed by atoms with Crippen LogP contribution in [0.4, 0.5) is 8.78 Å². The van der Waals surface area contributed by atoms with E-state index in [9.17, 15) is 8.78 Å². The first kappa shape index (κ1) is 14.2. The van der Waals surface area contributed by atoms with Crippen LogP contribution in [-0.2, 0) is 6.54 Å². The molecule has 1 atom stereocenters. The third kappa shape index (κ3) is 3.66. The minimum atomic E-state index is -0.836. The van der Waals surface area contributed by atoms with Crippen LogP contribution in [0, 0.1) is 24.0 Å². The van der Waals surface area contributed by atoms with Crippen LogP contribution in [0.2, 0.25) is 0 Å². The summed E-state index contributed by atoms with van der Waals surface area (Å²) in [5, 5.41) is 3.27. The fourth-order valence-corrected chi connectivity index (χ4v) is 2.00. The molecule has 102 valence electrons. The quantitative estimate of drug-likeness (QED) is 0.815. The van der Waals surface area contributed by atoms with Gasteiger partial charge in [-0.15, -0.1) is 12.3 Å². The molecule has 2 rings (SSSR count). The van der Waals surface area contributed by atoms with Crippen LogP contribution in [0.3, 0.4) is 0 Å². The summed E-state index contributed by atoms with van der Waals surface area (Å²) in [6.45, 7) is 0.429.